The molecule has 1 aromatic heterocycles. The van der Waals surface area contributed by atoms with Crippen LogP contribution < -0.4 is 5.32 Å². The Balaban J connectivity index is 1.99. The van der Waals surface area contributed by atoms with Crippen LogP contribution in [0, 0.1) is 0 Å². The van der Waals surface area contributed by atoms with Gasteiger partial charge < -0.3 is 5.11 Å². The molecule has 0 atom stereocenters. The quantitative estimate of drug-likeness (QED) is 0.812. The van der Waals surface area contributed by atoms with Crippen molar-refractivity contribution in [3.05, 3.63) is 41.4 Å². The van der Waals surface area contributed by atoms with Crippen molar-refractivity contribution < 1.29 is 9.90 Å². The maximum Gasteiger partial charge on any atom is 0.240 e. The number of nitrogens with zero attached hydrogens (tertiary/aromatic N) is 3. The lowest BCUT2D eigenvalue weighted by Gasteiger charge is -2.28. The molecule has 1 heterocycles. The van der Waals surface area contributed by atoms with Crippen molar-refractivity contribution in [3.63, 3.8) is 0 Å². The molecule has 0 aliphatic heterocycles. The van der Waals surface area contributed by atoms with Gasteiger partial charge in [0.05, 0.1) is 12.1 Å². The van der Waals surface area contributed by atoms with Crippen molar-refractivity contribution in [1.82, 2.24) is 15.1 Å². The molecule has 0 bridgehead atoms. The van der Waals surface area contributed by atoms with E-state index >= 15 is 0 Å². The van der Waals surface area contributed by atoms with E-state index < -0.39 is 5.60 Å². The van der Waals surface area contributed by atoms with Crippen molar-refractivity contribution in [2.24, 2.45) is 0 Å². The van der Waals surface area contributed by atoms with Gasteiger partial charge in [0.15, 0.2) is 0 Å². The molecule has 0 radical (unpaired) electrons. The molecule has 2 aromatic rings. The van der Waals surface area contributed by atoms with Gasteiger partial charge >= 0.3 is 0 Å². The van der Waals surface area contributed by atoms with Crippen LogP contribution >= 0.6 is 11.3 Å². The molecule has 2 rings (SSSR count). The number of carbonyl (C=O) groups excluding carboxylic acids is 1. The number of hydrogen-bond acceptors (Lipinski definition) is 6. The van der Waals surface area contributed by atoms with E-state index in [9.17, 15) is 9.90 Å². The van der Waals surface area contributed by atoms with E-state index in [-0.39, 0.29) is 12.5 Å². The standard InChI is InChI=1S/C15H20N4O2S/c1-15(2,21)10-19(8-12-6-4-3-5-7-12)9-13(20)17-14-18-16-11-22-14/h3-7,11,21H,8-10H2,1-2H3,(H,17,18,20). The molecule has 0 unspecified atom stereocenters. The first-order valence-corrected chi connectivity index (χ1v) is 7.85. The average molecular weight is 320 g/mol. The zero-order valence-corrected chi connectivity index (χ0v) is 13.5. The van der Waals surface area contributed by atoms with E-state index in [2.05, 4.69) is 15.5 Å². The Morgan fingerprint density at radius 2 is 2.09 bits per heavy atom. The van der Waals surface area contributed by atoms with Crippen molar-refractivity contribution >= 4 is 22.4 Å². The first-order valence-electron chi connectivity index (χ1n) is 6.97. The summed E-state index contributed by atoms with van der Waals surface area (Å²) < 4.78 is 0. The van der Waals surface area contributed by atoms with Crippen LogP contribution in [0.25, 0.3) is 0 Å². The first kappa shape index (κ1) is 16.5. The molecular weight excluding hydrogens is 300 g/mol. The first-order chi connectivity index (χ1) is 10.4. The summed E-state index contributed by atoms with van der Waals surface area (Å²) in [4.78, 5) is 14.0. The highest BCUT2D eigenvalue weighted by Crippen LogP contribution is 2.12. The molecule has 6 nitrogen and oxygen atoms in total. The summed E-state index contributed by atoms with van der Waals surface area (Å²) in [5.74, 6) is -0.170. The molecule has 7 heteroatoms. The van der Waals surface area contributed by atoms with Gasteiger partial charge in [0, 0.05) is 13.1 Å². The summed E-state index contributed by atoms with van der Waals surface area (Å²) >= 11 is 1.27. The van der Waals surface area contributed by atoms with E-state index in [1.165, 1.54) is 11.3 Å². The van der Waals surface area contributed by atoms with Crippen LogP contribution in [0.4, 0.5) is 5.13 Å². The number of aliphatic hydroxyl groups is 1. The third-order valence-electron chi connectivity index (χ3n) is 2.83. The summed E-state index contributed by atoms with van der Waals surface area (Å²) in [5, 5.41) is 20.7. The zero-order chi connectivity index (χ0) is 16.0. The molecular formula is C15H20N4O2S. The summed E-state index contributed by atoms with van der Waals surface area (Å²) in [6, 6.07) is 9.86. The molecule has 118 valence electrons. The van der Waals surface area contributed by atoms with Crippen molar-refractivity contribution in [2.75, 3.05) is 18.4 Å². The Hall–Kier alpha value is -1.83. The van der Waals surface area contributed by atoms with Gasteiger partial charge in [-0.2, -0.15) is 0 Å². The second kappa shape index (κ2) is 7.44. The Bertz CT molecular complexity index is 581. The normalized spacial score (nSPS) is 11.6. The smallest absolute Gasteiger partial charge is 0.240 e. The highest BCUT2D eigenvalue weighted by molar-refractivity contribution is 7.13. The molecule has 0 aliphatic rings. The highest BCUT2D eigenvalue weighted by atomic mass is 32.1. The molecule has 2 N–H and O–H groups in total. The van der Waals surface area contributed by atoms with Crippen LogP contribution in [0.1, 0.15) is 19.4 Å². The van der Waals surface area contributed by atoms with Crippen LogP contribution in [0.3, 0.4) is 0 Å². The molecule has 1 amide bonds. The van der Waals surface area contributed by atoms with E-state index in [0.717, 1.165) is 5.56 Å². The second-order valence-corrected chi connectivity index (χ2v) is 6.57. The van der Waals surface area contributed by atoms with E-state index in [1.54, 1.807) is 19.4 Å². The Kier molecular flexibility index (Phi) is 5.59. The molecule has 0 aliphatic carbocycles. The molecule has 1 aromatic carbocycles. The molecule has 0 spiro atoms. The van der Waals surface area contributed by atoms with Gasteiger partial charge in [-0.25, -0.2) is 0 Å². The number of benzene rings is 1. The number of rotatable bonds is 7. The minimum absolute atomic E-state index is 0.170. The monoisotopic (exact) mass is 320 g/mol. The number of amides is 1. The minimum atomic E-state index is -0.877. The van der Waals surface area contributed by atoms with Crippen molar-refractivity contribution in [1.29, 1.82) is 0 Å². The van der Waals surface area contributed by atoms with Crippen LogP contribution in [0.2, 0.25) is 0 Å². The second-order valence-electron chi connectivity index (χ2n) is 5.74. The van der Waals surface area contributed by atoms with Gasteiger partial charge in [0.1, 0.15) is 5.51 Å². The number of aromatic nitrogens is 2. The zero-order valence-electron chi connectivity index (χ0n) is 12.7. The third kappa shape index (κ3) is 5.88. The van der Waals surface area contributed by atoms with Crippen LogP contribution in [-0.4, -0.2) is 44.8 Å². The van der Waals surface area contributed by atoms with Gasteiger partial charge in [-0.3, -0.25) is 15.0 Å². The maximum absolute atomic E-state index is 12.1. The molecule has 0 saturated carbocycles. The van der Waals surface area contributed by atoms with E-state index in [4.69, 9.17) is 0 Å². The summed E-state index contributed by atoms with van der Waals surface area (Å²) in [7, 11) is 0. The van der Waals surface area contributed by atoms with Gasteiger partial charge in [-0.1, -0.05) is 41.7 Å². The predicted molar refractivity (Wildman–Crippen MR) is 86.6 cm³/mol. The van der Waals surface area contributed by atoms with Gasteiger partial charge in [-0.15, -0.1) is 10.2 Å². The van der Waals surface area contributed by atoms with Gasteiger partial charge in [0.2, 0.25) is 11.0 Å². The van der Waals surface area contributed by atoms with Gasteiger partial charge in [-0.05, 0) is 19.4 Å². The van der Waals surface area contributed by atoms with Gasteiger partial charge in [0.25, 0.3) is 0 Å². The fourth-order valence-electron chi connectivity index (χ4n) is 2.15. The Morgan fingerprint density at radius 3 is 2.68 bits per heavy atom. The molecule has 22 heavy (non-hydrogen) atoms. The molecule has 0 saturated heterocycles. The highest BCUT2D eigenvalue weighted by Gasteiger charge is 2.21. The number of anilines is 1. The predicted octanol–water partition coefficient (Wildman–Crippen LogP) is 1.75. The Morgan fingerprint density at radius 1 is 1.36 bits per heavy atom. The largest absolute Gasteiger partial charge is 0.389 e. The molecule has 0 fully saturated rings. The van der Waals surface area contributed by atoms with Crippen LogP contribution in [-0.2, 0) is 11.3 Å². The summed E-state index contributed by atoms with van der Waals surface area (Å²) in [6.45, 7) is 4.62. The lowest BCUT2D eigenvalue weighted by atomic mass is 10.1. The number of carbonyl (C=O) groups is 1. The minimum Gasteiger partial charge on any atom is -0.389 e. The lowest BCUT2D eigenvalue weighted by molar-refractivity contribution is -0.118. The van der Waals surface area contributed by atoms with Crippen molar-refractivity contribution in [2.45, 2.75) is 26.0 Å². The lowest BCUT2D eigenvalue weighted by Crippen LogP contribution is -2.42. The van der Waals surface area contributed by atoms with Crippen molar-refractivity contribution in [3.8, 4) is 0 Å². The van der Waals surface area contributed by atoms with Crippen LogP contribution in [0.5, 0.6) is 0 Å². The van der Waals surface area contributed by atoms with E-state index in [1.807, 2.05) is 35.2 Å². The van der Waals surface area contributed by atoms with E-state index in [0.29, 0.717) is 18.2 Å². The number of nitrogens with one attached hydrogen (secondary N) is 1. The summed E-state index contributed by atoms with van der Waals surface area (Å²) in [5.41, 5.74) is 1.78. The maximum atomic E-state index is 12.1. The topological polar surface area (TPSA) is 78.4 Å². The number of hydrogen-bond donors (Lipinski definition) is 2. The fraction of sp³-hybridized carbons (Fsp3) is 0.400. The Labute approximate surface area is 133 Å². The average Bonchev–Trinajstić information content (AvgIpc) is 2.90. The SMILES string of the molecule is CC(C)(O)CN(CC(=O)Nc1nncs1)Cc1ccccc1. The van der Waals surface area contributed by atoms with Crippen LogP contribution in [0.15, 0.2) is 35.8 Å². The third-order valence-corrected chi connectivity index (χ3v) is 3.44. The summed E-state index contributed by atoms with van der Waals surface area (Å²) in [6.07, 6.45) is 0. The fourth-order valence-corrected chi connectivity index (χ4v) is 2.61.